The van der Waals surface area contributed by atoms with E-state index in [9.17, 15) is 0 Å². The van der Waals surface area contributed by atoms with E-state index >= 15 is 0 Å². The van der Waals surface area contributed by atoms with E-state index in [0.717, 1.165) is 18.4 Å². The van der Waals surface area contributed by atoms with E-state index in [2.05, 4.69) is 0 Å². The van der Waals surface area contributed by atoms with Crippen LogP contribution in [0.3, 0.4) is 0 Å². The molecule has 3 N–H and O–H groups in total. The molecule has 1 atom stereocenters. The van der Waals surface area contributed by atoms with Crippen LogP contribution in [0.15, 0.2) is 24.3 Å². The van der Waals surface area contributed by atoms with E-state index in [1.807, 2.05) is 24.3 Å². The molecule has 1 aromatic carbocycles. The number of hydrogen-bond acceptors (Lipinski definition) is 3. The van der Waals surface area contributed by atoms with Crippen molar-refractivity contribution >= 4 is 0 Å². The maximum Gasteiger partial charge on any atom is 0.0929 e. The average Bonchev–Trinajstić information content (AvgIpc) is 3.09. The zero-order valence-electron chi connectivity index (χ0n) is 8.94. The van der Waals surface area contributed by atoms with Gasteiger partial charge >= 0.3 is 0 Å². The molecule has 1 aromatic rings. The Morgan fingerprint density at radius 3 is 2.40 bits per heavy atom. The summed E-state index contributed by atoms with van der Waals surface area (Å²) in [4.78, 5) is 0. The smallest absolute Gasteiger partial charge is 0.0929 e. The first kappa shape index (κ1) is 10.6. The first-order valence-electron chi connectivity index (χ1n) is 5.24. The number of ether oxygens (including phenoxy) is 1. The highest BCUT2D eigenvalue weighted by atomic mass is 16.5. The average molecular weight is 207 g/mol. The summed E-state index contributed by atoms with van der Waals surface area (Å²) < 4.78 is 5.48. The SMILES string of the molecule is COC1(c2ccc(C(N)CO)cc2)CC1. The van der Waals surface area contributed by atoms with Gasteiger partial charge in [0, 0.05) is 7.11 Å². The molecule has 2 rings (SSSR count). The van der Waals surface area contributed by atoms with Crippen LogP contribution < -0.4 is 5.73 Å². The minimum atomic E-state index is -0.281. The molecule has 0 bridgehead atoms. The van der Waals surface area contributed by atoms with Crippen LogP contribution in [0, 0.1) is 0 Å². The third-order valence-electron chi connectivity index (χ3n) is 3.16. The summed E-state index contributed by atoms with van der Waals surface area (Å²) in [6, 6.07) is 7.74. The Morgan fingerprint density at radius 1 is 1.40 bits per heavy atom. The zero-order chi connectivity index (χ0) is 10.9. The number of aliphatic hydroxyl groups excluding tert-OH is 1. The van der Waals surface area contributed by atoms with Crippen LogP contribution in [0.4, 0.5) is 0 Å². The quantitative estimate of drug-likeness (QED) is 0.782. The van der Waals surface area contributed by atoms with Crippen LogP contribution in [0.25, 0.3) is 0 Å². The van der Waals surface area contributed by atoms with Crippen molar-refractivity contribution in [3.05, 3.63) is 35.4 Å². The Hall–Kier alpha value is -0.900. The highest BCUT2D eigenvalue weighted by Gasteiger charge is 2.44. The van der Waals surface area contributed by atoms with Gasteiger partial charge in [-0.15, -0.1) is 0 Å². The second-order valence-electron chi connectivity index (χ2n) is 4.11. The van der Waals surface area contributed by atoms with Gasteiger partial charge in [-0.05, 0) is 24.0 Å². The minimum absolute atomic E-state index is 0.0191. The third-order valence-corrected chi connectivity index (χ3v) is 3.16. The molecule has 0 aliphatic heterocycles. The Kier molecular flexibility index (Phi) is 2.78. The van der Waals surface area contributed by atoms with Gasteiger partial charge < -0.3 is 15.6 Å². The summed E-state index contributed by atoms with van der Waals surface area (Å²) in [5.41, 5.74) is 7.85. The van der Waals surface area contributed by atoms with E-state index in [4.69, 9.17) is 15.6 Å². The van der Waals surface area contributed by atoms with Crippen LogP contribution in [-0.2, 0) is 10.3 Å². The minimum Gasteiger partial charge on any atom is -0.394 e. The van der Waals surface area contributed by atoms with Gasteiger partial charge in [-0.25, -0.2) is 0 Å². The van der Waals surface area contributed by atoms with Crippen molar-refractivity contribution < 1.29 is 9.84 Å². The fourth-order valence-corrected chi connectivity index (χ4v) is 1.86. The molecule has 82 valence electrons. The molecule has 0 amide bonds. The zero-order valence-corrected chi connectivity index (χ0v) is 8.94. The number of rotatable bonds is 4. The van der Waals surface area contributed by atoms with Gasteiger partial charge in [0.1, 0.15) is 0 Å². The topological polar surface area (TPSA) is 55.5 Å². The van der Waals surface area contributed by atoms with E-state index in [0.29, 0.717) is 0 Å². The number of aliphatic hydroxyl groups is 1. The summed E-state index contributed by atoms with van der Waals surface area (Å²) in [6.07, 6.45) is 2.18. The third kappa shape index (κ3) is 1.91. The molecule has 0 saturated heterocycles. The molecule has 0 radical (unpaired) electrons. The van der Waals surface area contributed by atoms with Gasteiger partial charge in [-0.1, -0.05) is 24.3 Å². The maximum atomic E-state index is 8.93. The lowest BCUT2D eigenvalue weighted by Crippen LogP contribution is -2.15. The lowest BCUT2D eigenvalue weighted by Gasteiger charge is -2.15. The summed E-state index contributed by atoms with van der Waals surface area (Å²) in [7, 11) is 1.75. The Labute approximate surface area is 89.9 Å². The fourth-order valence-electron chi connectivity index (χ4n) is 1.86. The molecule has 1 unspecified atom stereocenters. The van der Waals surface area contributed by atoms with Crippen molar-refractivity contribution in [3.8, 4) is 0 Å². The van der Waals surface area contributed by atoms with E-state index in [-0.39, 0.29) is 18.2 Å². The Bertz CT molecular complexity index is 330. The number of benzene rings is 1. The predicted octanol–water partition coefficient (Wildman–Crippen LogP) is 1.31. The highest BCUT2D eigenvalue weighted by Crippen LogP contribution is 2.48. The van der Waals surface area contributed by atoms with Gasteiger partial charge in [-0.3, -0.25) is 0 Å². The van der Waals surface area contributed by atoms with E-state index in [1.165, 1.54) is 5.56 Å². The monoisotopic (exact) mass is 207 g/mol. The normalized spacial score (nSPS) is 19.9. The summed E-state index contributed by atoms with van der Waals surface area (Å²) >= 11 is 0. The van der Waals surface area contributed by atoms with Crippen molar-refractivity contribution in [2.24, 2.45) is 5.73 Å². The molecule has 0 heterocycles. The first-order valence-corrected chi connectivity index (χ1v) is 5.24. The summed E-state index contributed by atoms with van der Waals surface area (Å²) in [5, 5.41) is 8.93. The second kappa shape index (κ2) is 3.93. The van der Waals surface area contributed by atoms with Gasteiger partial charge in [0.2, 0.25) is 0 Å². The second-order valence-corrected chi connectivity index (χ2v) is 4.11. The predicted molar refractivity (Wildman–Crippen MR) is 58.4 cm³/mol. The lowest BCUT2D eigenvalue weighted by molar-refractivity contribution is 0.0789. The fraction of sp³-hybridized carbons (Fsp3) is 0.500. The molecule has 0 spiro atoms. The molecule has 15 heavy (non-hydrogen) atoms. The van der Waals surface area contributed by atoms with Crippen molar-refractivity contribution in [1.82, 2.24) is 0 Å². The maximum absolute atomic E-state index is 8.93. The Balaban J connectivity index is 2.17. The molecular formula is C12H17NO2. The van der Waals surface area contributed by atoms with E-state index < -0.39 is 0 Å². The van der Waals surface area contributed by atoms with E-state index in [1.54, 1.807) is 7.11 Å². The van der Waals surface area contributed by atoms with Crippen LogP contribution in [0.5, 0.6) is 0 Å². The highest BCUT2D eigenvalue weighted by molar-refractivity contribution is 5.32. The van der Waals surface area contributed by atoms with Gasteiger partial charge in [0.25, 0.3) is 0 Å². The molecule has 3 heteroatoms. The molecule has 1 fully saturated rings. The molecular weight excluding hydrogens is 190 g/mol. The van der Waals surface area contributed by atoms with Gasteiger partial charge in [0.15, 0.2) is 0 Å². The number of methoxy groups -OCH3 is 1. The van der Waals surface area contributed by atoms with Crippen molar-refractivity contribution in [2.75, 3.05) is 13.7 Å². The van der Waals surface area contributed by atoms with Crippen molar-refractivity contribution in [2.45, 2.75) is 24.5 Å². The van der Waals surface area contributed by atoms with Crippen LogP contribution in [0.2, 0.25) is 0 Å². The number of nitrogens with two attached hydrogens (primary N) is 1. The summed E-state index contributed by atoms with van der Waals surface area (Å²) in [6.45, 7) is -0.0191. The van der Waals surface area contributed by atoms with Crippen LogP contribution in [0.1, 0.15) is 30.0 Å². The molecule has 0 aromatic heterocycles. The number of hydrogen-bond donors (Lipinski definition) is 2. The standard InChI is InChI=1S/C12H17NO2/c1-15-12(6-7-12)10-4-2-9(3-5-10)11(13)8-14/h2-5,11,14H,6-8,13H2,1H3. The molecule has 1 aliphatic carbocycles. The van der Waals surface area contributed by atoms with Crippen LogP contribution in [-0.4, -0.2) is 18.8 Å². The van der Waals surface area contributed by atoms with Crippen molar-refractivity contribution in [1.29, 1.82) is 0 Å². The molecule has 3 nitrogen and oxygen atoms in total. The molecule has 1 aliphatic rings. The van der Waals surface area contributed by atoms with Crippen molar-refractivity contribution in [3.63, 3.8) is 0 Å². The largest absolute Gasteiger partial charge is 0.394 e. The first-order chi connectivity index (χ1) is 7.22. The van der Waals surface area contributed by atoms with Crippen LogP contribution >= 0.6 is 0 Å². The molecule has 1 saturated carbocycles. The van der Waals surface area contributed by atoms with Gasteiger partial charge in [0.05, 0.1) is 18.2 Å². The summed E-state index contributed by atoms with van der Waals surface area (Å²) in [5.74, 6) is 0. The Morgan fingerprint density at radius 2 is 2.00 bits per heavy atom. The lowest BCUT2D eigenvalue weighted by atomic mass is 10.0. The van der Waals surface area contributed by atoms with Gasteiger partial charge in [-0.2, -0.15) is 0 Å².